The van der Waals surface area contributed by atoms with Crippen molar-refractivity contribution in [2.45, 2.75) is 19.3 Å². The van der Waals surface area contributed by atoms with Crippen molar-refractivity contribution in [1.82, 2.24) is 0 Å². The summed E-state index contributed by atoms with van der Waals surface area (Å²) in [5.41, 5.74) is 6.04. The summed E-state index contributed by atoms with van der Waals surface area (Å²) in [6.07, 6.45) is 2.39. The second kappa shape index (κ2) is 6.42. The number of carbonyl (C=O) groups is 1. The highest BCUT2D eigenvalue weighted by atomic mass is 32.1. The molecule has 0 unspecified atom stereocenters. The predicted molar refractivity (Wildman–Crippen MR) is 60.0 cm³/mol. The summed E-state index contributed by atoms with van der Waals surface area (Å²) in [4.78, 5) is 11.9. The molecule has 0 aromatic carbocycles. The molecule has 0 spiro atoms. The Balaban J connectivity index is 2.22. The molecule has 0 aliphatic carbocycles. The van der Waals surface area contributed by atoms with Crippen molar-refractivity contribution in [1.29, 1.82) is 0 Å². The van der Waals surface area contributed by atoms with E-state index in [1.807, 2.05) is 0 Å². The first kappa shape index (κ1) is 12.0. The second-order valence-electron chi connectivity index (χ2n) is 3.13. The van der Waals surface area contributed by atoms with E-state index in [-0.39, 0.29) is 12.6 Å². The van der Waals surface area contributed by atoms with E-state index in [4.69, 9.17) is 15.6 Å². The minimum atomic E-state index is -0.355. The number of anilines is 1. The lowest BCUT2D eigenvalue weighted by Crippen LogP contribution is -2.06. The van der Waals surface area contributed by atoms with Gasteiger partial charge in [0.1, 0.15) is 4.88 Å². The zero-order chi connectivity index (χ0) is 11.1. The first-order valence-corrected chi connectivity index (χ1v) is 5.74. The van der Waals surface area contributed by atoms with E-state index in [9.17, 15) is 4.79 Å². The predicted octanol–water partition coefficient (Wildman–Crippen LogP) is 1.65. The third kappa shape index (κ3) is 3.89. The van der Waals surface area contributed by atoms with Crippen LogP contribution in [0.1, 0.15) is 28.9 Å². The van der Waals surface area contributed by atoms with Crippen LogP contribution in [0.5, 0.6) is 0 Å². The van der Waals surface area contributed by atoms with Gasteiger partial charge in [0, 0.05) is 6.61 Å². The highest BCUT2D eigenvalue weighted by molar-refractivity contribution is 7.12. The first-order valence-electron chi connectivity index (χ1n) is 4.86. The Hall–Kier alpha value is -1.07. The van der Waals surface area contributed by atoms with Crippen LogP contribution in [-0.2, 0) is 4.74 Å². The molecule has 0 atom stereocenters. The number of rotatable bonds is 6. The van der Waals surface area contributed by atoms with Crippen LogP contribution in [0.25, 0.3) is 0 Å². The molecule has 5 heteroatoms. The quantitative estimate of drug-likeness (QED) is 0.574. The summed E-state index contributed by atoms with van der Waals surface area (Å²) < 4.78 is 5.02. The van der Waals surface area contributed by atoms with Gasteiger partial charge in [-0.15, -0.1) is 11.3 Å². The fraction of sp³-hybridized carbons (Fsp3) is 0.500. The van der Waals surface area contributed by atoms with Crippen LogP contribution < -0.4 is 5.73 Å². The average Bonchev–Trinajstić information content (AvgIpc) is 2.64. The van der Waals surface area contributed by atoms with Crippen molar-refractivity contribution < 1.29 is 14.6 Å². The molecule has 1 aromatic heterocycles. The van der Waals surface area contributed by atoms with Crippen LogP contribution in [0.4, 0.5) is 5.69 Å². The lowest BCUT2D eigenvalue weighted by Gasteiger charge is -2.03. The Bertz CT molecular complexity index is 311. The molecule has 15 heavy (non-hydrogen) atoms. The van der Waals surface area contributed by atoms with Crippen molar-refractivity contribution in [2.24, 2.45) is 0 Å². The van der Waals surface area contributed by atoms with Crippen LogP contribution >= 0.6 is 11.3 Å². The summed E-state index contributed by atoms with van der Waals surface area (Å²) >= 11 is 1.29. The number of unbranched alkanes of at least 4 members (excludes halogenated alkanes) is 2. The topological polar surface area (TPSA) is 72.6 Å². The van der Waals surface area contributed by atoms with E-state index < -0.39 is 0 Å². The van der Waals surface area contributed by atoms with Crippen LogP contribution in [0.15, 0.2) is 11.4 Å². The highest BCUT2D eigenvalue weighted by Crippen LogP contribution is 2.19. The maximum Gasteiger partial charge on any atom is 0.350 e. The largest absolute Gasteiger partial charge is 0.461 e. The summed E-state index contributed by atoms with van der Waals surface area (Å²) in [6.45, 7) is 0.571. The smallest absolute Gasteiger partial charge is 0.350 e. The average molecular weight is 229 g/mol. The molecule has 84 valence electrons. The number of aliphatic hydroxyl groups excluding tert-OH is 1. The Kier molecular flexibility index (Phi) is 5.14. The number of thiophene rings is 1. The van der Waals surface area contributed by atoms with E-state index >= 15 is 0 Å². The lowest BCUT2D eigenvalue weighted by molar-refractivity contribution is 0.0503. The van der Waals surface area contributed by atoms with Gasteiger partial charge in [0.25, 0.3) is 0 Å². The third-order valence-electron chi connectivity index (χ3n) is 1.92. The van der Waals surface area contributed by atoms with E-state index in [0.717, 1.165) is 19.3 Å². The van der Waals surface area contributed by atoms with Crippen LogP contribution in [0.2, 0.25) is 0 Å². The maximum absolute atomic E-state index is 11.4. The molecular formula is C10H15NO3S. The molecule has 0 aliphatic rings. The Morgan fingerprint density at radius 1 is 1.47 bits per heavy atom. The van der Waals surface area contributed by atoms with Crippen molar-refractivity contribution in [2.75, 3.05) is 18.9 Å². The lowest BCUT2D eigenvalue weighted by atomic mass is 10.2. The van der Waals surface area contributed by atoms with Gasteiger partial charge in [-0.05, 0) is 30.7 Å². The van der Waals surface area contributed by atoms with Crippen molar-refractivity contribution >= 4 is 23.0 Å². The molecule has 1 heterocycles. The third-order valence-corrected chi connectivity index (χ3v) is 2.83. The molecule has 1 aromatic rings. The minimum absolute atomic E-state index is 0.186. The van der Waals surface area contributed by atoms with Crippen molar-refractivity contribution in [3.05, 3.63) is 16.3 Å². The number of hydrogen-bond acceptors (Lipinski definition) is 5. The molecule has 0 amide bonds. The zero-order valence-corrected chi connectivity index (χ0v) is 9.26. The summed E-state index contributed by atoms with van der Waals surface area (Å²) in [7, 11) is 0. The van der Waals surface area contributed by atoms with Gasteiger partial charge in [-0.1, -0.05) is 0 Å². The number of nitrogens with two attached hydrogens (primary N) is 1. The second-order valence-corrected chi connectivity index (χ2v) is 4.04. The van der Waals surface area contributed by atoms with Gasteiger partial charge in [0.15, 0.2) is 0 Å². The number of hydrogen-bond donors (Lipinski definition) is 2. The summed E-state index contributed by atoms with van der Waals surface area (Å²) in [5, 5.41) is 10.3. The number of esters is 1. The molecule has 0 saturated carbocycles. The van der Waals surface area contributed by atoms with Gasteiger partial charge in [-0.3, -0.25) is 0 Å². The fourth-order valence-corrected chi connectivity index (χ4v) is 1.82. The molecule has 0 bridgehead atoms. The van der Waals surface area contributed by atoms with Gasteiger partial charge < -0.3 is 15.6 Å². The highest BCUT2D eigenvalue weighted by Gasteiger charge is 2.11. The van der Waals surface area contributed by atoms with Gasteiger partial charge in [-0.2, -0.15) is 0 Å². The van der Waals surface area contributed by atoms with Crippen LogP contribution in [0.3, 0.4) is 0 Å². The van der Waals surface area contributed by atoms with Crippen LogP contribution in [0, 0.1) is 0 Å². The van der Waals surface area contributed by atoms with Crippen molar-refractivity contribution in [3.8, 4) is 0 Å². The summed E-state index contributed by atoms with van der Waals surface area (Å²) in [5.74, 6) is -0.355. The molecule has 0 radical (unpaired) electrons. The number of nitrogen functional groups attached to an aromatic ring is 1. The van der Waals surface area contributed by atoms with Crippen molar-refractivity contribution in [3.63, 3.8) is 0 Å². The molecule has 3 N–H and O–H groups in total. The van der Waals surface area contributed by atoms with E-state index in [0.29, 0.717) is 17.2 Å². The SMILES string of the molecule is Nc1ccsc1C(=O)OCCCCCO. The first-order chi connectivity index (χ1) is 7.25. The molecule has 0 fully saturated rings. The Morgan fingerprint density at radius 2 is 2.27 bits per heavy atom. The molecular weight excluding hydrogens is 214 g/mol. The Labute approximate surface area is 92.7 Å². The number of carbonyl (C=O) groups excluding carboxylic acids is 1. The van der Waals surface area contributed by atoms with E-state index in [2.05, 4.69) is 0 Å². The molecule has 1 rings (SSSR count). The molecule has 0 saturated heterocycles. The van der Waals surface area contributed by atoms with Gasteiger partial charge in [-0.25, -0.2) is 4.79 Å². The van der Waals surface area contributed by atoms with Gasteiger partial charge in [0.05, 0.1) is 12.3 Å². The number of ether oxygens (including phenoxy) is 1. The molecule has 0 aliphatic heterocycles. The maximum atomic E-state index is 11.4. The van der Waals surface area contributed by atoms with Gasteiger partial charge >= 0.3 is 5.97 Å². The zero-order valence-electron chi connectivity index (χ0n) is 8.44. The monoisotopic (exact) mass is 229 g/mol. The Morgan fingerprint density at radius 3 is 2.87 bits per heavy atom. The number of aliphatic hydroxyl groups is 1. The van der Waals surface area contributed by atoms with Crippen LogP contribution in [-0.4, -0.2) is 24.3 Å². The minimum Gasteiger partial charge on any atom is -0.461 e. The standard InChI is InChI=1S/C10H15NO3S/c11-8-4-7-15-9(8)10(13)14-6-3-1-2-5-12/h4,7,12H,1-3,5-6,11H2. The fourth-order valence-electron chi connectivity index (χ4n) is 1.11. The van der Waals surface area contributed by atoms with Gasteiger partial charge in [0.2, 0.25) is 0 Å². The van der Waals surface area contributed by atoms with E-state index in [1.54, 1.807) is 11.4 Å². The van der Waals surface area contributed by atoms with E-state index in [1.165, 1.54) is 11.3 Å². The summed E-state index contributed by atoms with van der Waals surface area (Å²) in [6, 6.07) is 1.69. The molecule has 4 nitrogen and oxygen atoms in total. The normalized spacial score (nSPS) is 10.2.